The highest BCUT2D eigenvalue weighted by Gasteiger charge is 2.01. The first-order chi connectivity index (χ1) is 6.27. The van der Waals surface area contributed by atoms with Gasteiger partial charge in [-0.25, -0.2) is 8.78 Å². The van der Waals surface area contributed by atoms with Crippen molar-refractivity contribution in [2.24, 2.45) is 0 Å². The highest BCUT2D eigenvalue weighted by molar-refractivity contribution is 5.48. The summed E-state index contributed by atoms with van der Waals surface area (Å²) in [5.41, 5.74) is 0.472. The van der Waals surface area contributed by atoms with Crippen LogP contribution >= 0.6 is 0 Å². The van der Waals surface area contributed by atoms with Crippen molar-refractivity contribution in [3.05, 3.63) is 29.6 Å². The molecule has 0 aromatic heterocycles. The molecule has 0 radical (unpaired) electrons. The Hall–Kier alpha value is -1.63. The normalized spacial score (nSPS) is 9.31. The van der Waals surface area contributed by atoms with Crippen molar-refractivity contribution in [3.63, 3.8) is 0 Å². The topological polar surface area (TPSA) is 35.8 Å². The average Bonchev–Trinajstić information content (AvgIpc) is 2.16. The van der Waals surface area contributed by atoms with Gasteiger partial charge in [-0.2, -0.15) is 5.26 Å². The van der Waals surface area contributed by atoms with E-state index in [1.807, 2.05) is 6.07 Å². The fraction of sp³-hybridized carbons (Fsp3) is 0.222. The fourth-order valence-electron chi connectivity index (χ4n) is 0.910. The lowest BCUT2D eigenvalue weighted by atomic mass is 10.2. The number of nitrogens with one attached hydrogen (secondary N) is 1. The van der Waals surface area contributed by atoms with Crippen molar-refractivity contribution >= 4 is 5.69 Å². The van der Waals surface area contributed by atoms with Crippen LogP contribution < -0.4 is 5.32 Å². The molecule has 2 nitrogen and oxygen atoms in total. The Balaban J connectivity index is 2.81. The van der Waals surface area contributed by atoms with Gasteiger partial charge in [-0.3, -0.25) is 0 Å². The smallest absolute Gasteiger partial charge is 0.147 e. The minimum absolute atomic E-state index is 0.0722. The molecule has 0 bridgehead atoms. The third-order valence-corrected chi connectivity index (χ3v) is 1.51. The van der Waals surface area contributed by atoms with E-state index >= 15 is 0 Å². The summed E-state index contributed by atoms with van der Waals surface area (Å²) in [7, 11) is 0. The van der Waals surface area contributed by atoms with Crippen molar-refractivity contribution in [2.45, 2.75) is 0 Å². The first-order valence-corrected chi connectivity index (χ1v) is 3.77. The second-order valence-corrected chi connectivity index (χ2v) is 2.42. The van der Waals surface area contributed by atoms with Crippen molar-refractivity contribution in [1.82, 2.24) is 0 Å². The molecular formula is C9H8F2N2. The van der Waals surface area contributed by atoms with E-state index in [1.54, 1.807) is 0 Å². The van der Waals surface area contributed by atoms with Crippen LogP contribution in [0.4, 0.5) is 14.5 Å². The van der Waals surface area contributed by atoms with Gasteiger partial charge in [0.2, 0.25) is 0 Å². The predicted molar refractivity (Wildman–Crippen MR) is 45.6 cm³/mol. The van der Waals surface area contributed by atoms with Crippen molar-refractivity contribution in [2.75, 3.05) is 18.5 Å². The molecule has 1 N–H and O–H groups in total. The van der Waals surface area contributed by atoms with Crippen LogP contribution in [0.3, 0.4) is 0 Å². The molecule has 4 heteroatoms. The molecule has 0 fully saturated rings. The highest BCUT2D eigenvalue weighted by atomic mass is 19.1. The molecule has 0 aliphatic rings. The maximum atomic E-state index is 13.0. The Morgan fingerprint density at radius 3 is 2.77 bits per heavy atom. The number of hydrogen-bond donors (Lipinski definition) is 1. The Morgan fingerprint density at radius 1 is 1.46 bits per heavy atom. The molecule has 0 saturated heterocycles. The van der Waals surface area contributed by atoms with Crippen LogP contribution in [0.2, 0.25) is 0 Å². The molecule has 1 aromatic carbocycles. The largest absolute Gasteiger partial charge is 0.380 e. The molecule has 1 rings (SSSR count). The monoisotopic (exact) mass is 182 g/mol. The summed E-state index contributed by atoms with van der Waals surface area (Å²) in [6.45, 7) is -0.484. The van der Waals surface area contributed by atoms with Gasteiger partial charge >= 0.3 is 0 Å². The number of alkyl halides is 1. The Bertz CT molecular complexity index is 331. The Kier molecular flexibility index (Phi) is 3.21. The maximum Gasteiger partial charge on any atom is 0.147 e. The third kappa shape index (κ3) is 2.41. The van der Waals surface area contributed by atoms with Crippen LogP contribution in [0.1, 0.15) is 5.56 Å². The maximum absolute atomic E-state index is 13.0. The number of hydrogen-bond acceptors (Lipinski definition) is 2. The van der Waals surface area contributed by atoms with Gasteiger partial charge in [0.1, 0.15) is 12.5 Å². The summed E-state index contributed by atoms with van der Waals surface area (Å²) in [6.07, 6.45) is 0. The summed E-state index contributed by atoms with van der Waals surface area (Å²) < 4.78 is 24.7. The van der Waals surface area contributed by atoms with E-state index in [1.165, 1.54) is 12.1 Å². The SMILES string of the molecule is N#Cc1ccc(NCCF)c(F)c1. The molecule has 0 saturated carbocycles. The van der Waals surface area contributed by atoms with Crippen molar-refractivity contribution < 1.29 is 8.78 Å². The van der Waals surface area contributed by atoms with E-state index in [-0.39, 0.29) is 17.8 Å². The molecule has 0 aliphatic heterocycles. The zero-order chi connectivity index (χ0) is 9.68. The average molecular weight is 182 g/mol. The van der Waals surface area contributed by atoms with Crippen LogP contribution in [-0.4, -0.2) is 13.2 Å². The second-order valence-electron chi connectivity index (χ2n) is 2.42. The zero-order valence-corrected chi connectivity index (χ0v) is 6.85. The number of anilines is 1. The van der Waals surface area contributed by atoms with Gasteiger partial charge < -0.3 is 5.32 Å². The number of halogens is 2. The van der Waals surface area contributed by atoms with Gasteiger partial charge in [-0.05, 0) is 18.2 Å². The van der Waals surface area contributed by atoms with Crippen LogP contribution in [0, 0.1) is 17.1 Å². The van der Waals surface area contributed by atoms with Crippen LogP contribution in [0.25, 0.3) is 0 Å². The molecule has 0 aliphatic carbocycles. The van der Waals surface area contributed by atoms with Crippen LogP contribution in [0.15, 0.2) is 18.2 Å². The molecule has 0 amide bonds. The van der Waals surface area contributed by atoms with E-state index in [0.29, 0.717) is 0 Å². The molecule has 0 atom stereocenters. The van der Waals surface area contributed by atoms with Gasteiger partial charge in [0.15, 0.2) is 0 Å². The number of nitriles is 1. The van der Waals surface area contributed by atoms with E-state index in [4.69, 9.17) is 5.26 Å². The predicted octanol–water partition coefficient (Wildman–Crippen LogP) is 2.08. The van der Waals surface area contributed by atoms with Gasteiger partial charge in [0, 0.05) is 6.54 Å². The lowest BCUT2D eigenvalue weighted by Crippen LogP contribution is -2.04. The first-order valence-electron chi connectivity index (χ1n) is 3.77. The minimum atomic E-state index is -0.556. The Labute approximate surface area is 74.8 Å². The minimum Gasteiger partial charge on any atom is -0.380 e. The molecule has 13 heavy (non-hydrogen) atoms. The number of rotatable bonds is 3. The van der Waals surface area contributed by atoms with Crippen molar-refractivity contribution in [3.8, 4) is 6.07 Å². The quantitative estimate of drug-likeness (QED) is 0.776. The van der Waals surface area contributed by atoms with E-state index in [0.717, 1.165) is 6.07 Å². The molecular weight excluding hydrogens is 174 g/mol. The summed E-state index contributed by atoms with van der Waals surface area (Å²) in [5.74, 6) is -0.535. The van der Waals surface area contributed by atoms with E-state index in [9.17, 15) is 8.78 Å². The van der Waals surface area contributed by atoms with Gasteiger partial charge in [-0.15, -0.1) is 0 Å². The van der Waals surface area contributed by atoms with Crippen LogP contribution in [0.5, 0.6) is 0 Å². The van der Waals surface area contributed by atoms with Crippen LogP contribution in [-0.2, 0) is 0 Å². The number of nitrogens with zero attached hydrogens (tertiary/aromatic N) is 1. The molecule has 0 unspecified atom stereocenters. The second kappa shape index (κ2) is 4.41. The molecule has 1 aromatic rings. The van der Waals surface area contributed by atoms with E-state index < -0.39 is 12.5 Å². The van der Waals surface area contributed by atoms with Crippen molar-refractivity contribution in [1.29, 1.82) is 5.26 Å². The third-order valence-electron chi connectivity index (χ3n) is 1.51. The van der Waals surface area contributed by atoms with E-state index in [2.05, 4.69) is 5.32 Å². The lowest BCUT2D eigenvalue weighted by molar-refractivity contribution is 0.511. The zero-order valence-electron chi connectivity index (χ0n) is 6.85. The fourth-order valence-corrected chi connectivity index (χ4v) is 0.910. The summed E-state index contributed by atoms with van der Waals surface area (Å²) >= 11 is 0. The molecule has 0 spiro atoms. The Morgan fingerprint density at radius 2 is 2.23 bits per heavy atom. The van der Waals surface area contributed by atoms with Gasteiger partial charge in [0.25, 0.3) is 0 Å². The summed E-state index contributed by atoms with van der Waals surface area (Å²) in [4.78, 5) is 0. The summed E-state index contributed by atoms with van der Waals surface area (Å²) in [6, 6.07) is 5.82. The summed E-state index contributed by atoms with van der Waals surface area (Å²) in [5, 5.41) is 11.0. The van der Waals surface area contributed by atoms with Gasteiger partial charge in [-0.1, -0.05) is 0 Å². The highest BCUT2D eigenvalue weighted by Crippen LogP contribution is 2.14. The number of benzene rings is 1. The molecule has 68 valence electrons. The first kappa shape index (κ1) is 9.46. The molecule has 0 heterocycles. The standard InChI is InChI=1S/C9H8F2N2/c10-3-4-13-9-2-1-7(6-12)5-8(9)11/h1-2,5,13H,3-4H2. The lowest BCUT2D eigenvalue weighted by Gasteiger charge is -2.04. The van der Waals surface area contributed by atoms with Gasteiger partial charge in [0.05, 0.1) is 17.3 Å².